The van der Waals surface area contributed by atoms with Crippen LogP contribution >= 0.6 is 0 Å². The molecule has 0 aromatic heterocycles. The van der Waals surface area contributed by atoms with E-state index in [1.807, 2.05) is 0 Å². The molecule has 82 valence electrons. The van der Waals surface area contributed by atoms with Crippen molar-refractivity contribution in [3.63, 3.8) is 0 Å². The van der Waals surface area contributed by atoms with Crippen LogP contribution in [0.2, 0.25) is 0 Å². The zero-order chi connectivity index (χ0) is 10.4. The first-order chi connectivity index (χ1) is 7.08. The maximum absolute atomic E-state index is 9.90. The van der Waals surface area contributed by atoms with Gasteiger partial charge in [-0.3, -0.25) is 0 Å². The van der Waals surface area contributed by atoms with E-state index in [4.69, 9.17) is 0 Å². The molecule has 4 rings (SSSR count). The van der Waals surface area contributed by atoms with Crippen LogP contribution in [0.5, 0.6) is 0 Å². The van der Waals surface area contributed by atoms with E-state index in [1.54, 1.807) is 0 Å². The van der Waals surface area contributed by atoms with Gasteiger partial charge in [0.05, 0.1) is 5.76 Å². The van der Waals surface area contributed by atoms with Crippen molar-refractivity contribution >= 4 is 0 Å². The molecule has 0 spiro atoms. The summed E-state index contributed by atoms with van der Waals surface area (Å²) in [5, 5.41) is 9.90. The zero-order valence-electron chi connectivity index (χ0n) is 9.66. The second-order valence-electron chi connectivity index (χ2n) is 7.04. The number of rotatable bonds is 0. The highest BCUT2D eigenvalue weighted by atomic mass is 16.3. The second-order valence-corrected chi connectivity index (χ2v) is 7.04. The highest BCUT2D eigenvalue weighted by Crippen LogP contribution is 2.71. The Labute approximate surface area is 91.6 Å². The van der Waals surface area contributed by atoms with Crippen molar-refractivity contribution in [1.29, 1.82) is 0 Å². The number of aliphatic hydroxyl groups is 1. The summed E-state index contributed by atoms with van der Waals surface area (Å²) in [5.41, 5.74) is 2.07. The fraction of sp³-hybridized carbons (Fsp3) is 0.857. The van der Waals surface area contributed by atoms with Gasteiger partial charge in [0.15, 0.2) is 0 Å². The fourth-order valence-corrected chi connectivity index (χ4v) is 5.66. The monoisotopic (exact) mass is 204 g/mol. The minimum absolute atomic E-state index is 0.590. The minimum Gasteiger partial charge on any atom is -0.512 e. The van der Waals surface area contributed by atoms with Gasteiger partial charge in [0.2, 0.25) is 0 Å². The molecule has 4 aliphatic carbocycles. The Bertz CT molecular complexity index is 366. The molecule has 1 nitrogen and oxygen atoms in total. The first-order valence-electron chi connectivity index (χ1n) is 6.49. The van der Waals surface area contributed by atoms with Crippen LogP contribution in [0.4, 0.5) is 0 Å². The Morgan fingerprint density at radius 1 is 1.20 bits per heavy atom. The van der Waals surface area contributed by atoms with Crippen molar-refractivity contribution in [1.82, 2.24) is 0 Å². The smallest absolute Gasteiger partial charge is 0.0920 e. The zero-order valence-corrected chi connectivity index (χ0v) is 9.66. The highest BCUT2D eigenvalue weighted by molar-refractivity contribution is 5.32. The molecule has 4 bridgehead atoms. The largest absolute Gasteiger partial charge is 0.512 e. The molecule has 3 saturated carbocycles. The van der Waals surface area contributed by atoms with Gasteiger partial charge in [-0.1, -0.05) is 13.8 Å². The van der Waals surface area contributed by atoms with E-state index in [1.165, 1.54) is 24.8 Å². The molecule has 3 fully saturated rings. The maximum atomic E-state index is 9.90. The first kappa shape index (κ1) is 8.66. The number of aliphatic hydroxyl groups excluding tert-OH is 1. The van der Waals surface area contributed by atoms with E-state index >= 15 is 0 Å². The lowest BCUT2D eigenvalue weighted by molar-refractivity contribution is 0.0856. The molecule has 0 aromatic carbocycles. The molecule has 0 radical (unpaired) electrons. The normalized spacial score (nSPS) is 54.1. The summed E-state index contributed by atoms with van der Waals surface area (Å²) in [6, 6.07) is 0. The van der Waals surface area contributed by atoms with E-state index in [0.29, 0.717) is 5.41 Å². The van der Waals surface area contributed by atoms with Crippen molar-refractivity contribution < 1.29 is 5.11 Å². The van der Waals surface area contributed by atoms with Crippen molar-refractivity contribution in [3.05, 3.63) is 11.3 Å². The third-order valence-corrected chi connectivity index (χ3v) is 5.99. The maximum Gasteiger partial charge on any atom is 0.0920 e. The van der Waals surface area contributed by atoms with Gasteiger partial charge in [0.25, 0.3) is 0 Å². The molecule has 0 heterocycles. The van der Waals surface area contributed by atoms with Crippen LogP contribution < -0.4 is 0 Å². The van der Waals surface area contributed by atoms with Gasteiger partial charge < -0.3 is 5.11 Å². The summed E-state index contributed by atoms with van der Waals surface area (Å²) in [6.07, 6.45) is 5.11. The quantitative estimate of drug-likeness (QED) is 0.598. The molecule has 5 atom stereocenters. The molecule has 1 heteroatoms. The fourth-order valence-electron chi connectivity index (χ4n) is 5.66. The lowest BCUT2D eigenvalue weighted by Crippen LogP contribution is -2.35. The molecule has 1 N–H and O–H groups in total. The Kier molecular flexibility index (Phi) is 1.32. The van der Waals surface area contributed by atoms with E-state index in [9.17, 15) is 5.11 Å². The molecule has 15 heavy (non-hydrogen) atoms. The van der Waals surface area contributed by atoms with Gasteiger partial charge in [-0.15, -0.1) is 0 Å². The lowest BCUT2D eigenvalue weighted by atomic mass is 9.64. The Balaban J connectivity index is 1.80. The van der Waals surface area contributed by atoms with Crippen LogP contribution in [-0.4, -0.2) is 5.11 Å². The standard InChI is InChI=1S/C14H20O/c1-14(2)6-8-4-10(14)13-7-3-9(12(8)13)11(15)5-7/h7-8,10,12-13,15H,3-6H2,1-2H3. The third-order valence-electron chi connectivity index (χ3n) is 5.99. The van der Waals surface area contributed by atoms with Crippen LogP contribution in [0.1, 0.15) is 39.5 Å². The molecular formula is C14H20O. The summed E-state index contributed by atoms with van der Waals surface area (Å²) < 4.78 is 0. The van der Waals surface area contributed by atoms with Gasteiger partial charge in [-0.2, -0.15) is 0 Å². The van der Waals surface area contributed by atoms with E-state index < -0.39 is 0 Å². The number of allylic oxidation sites excluding steroid dienone is 2. The van der Waals surface area contributed by atoms with Crippen molar-refractivity contribution in [3.8, 4) is 0 Å². The number of hydrogen-bond acceptors (Lipinski definition) is 1. The molecule has 0 amide bonds. The van der Waals surface area contributed by atoms with Crippen molar-refractivity contribution in [2.24, 2.45) is 35.0 Å². The van der Waals surface area contributed by atoms with Crippen LogP contribution in [0.25, 0.3) is 0 Å². The predicted molar refractivity (Wildman–Crippen MR) is 59.4 cm³/mol. The minimum atomic E-state index is 0.590. The Morgan fingerprint density at radius 3 is 2.80 bits per heavy atom. The van der Waals surface area contributed by atoms with Crippen LogP contribution in [-0.2, 0) is 0 Å². The SMILES string of the molecule is CC1(C)CC2CC1C1C3CC(O)=C(C3)C21. The van der Waals surface area contributed by atoms with Gasteiger partial charge in [0.1, 0.15) is 0 Å². The predicted octanol–water partition coefficient (Wildman–Crippen LogP) is 3.52. The average Bonchev–Trinajstić information content (AvgIpc) is 2.77. The highest BCUT2D eigenvalue weighted by Gasteiger charge is 2.63. The molecular weight excluding hydrogens is 184 g/mol. The van der Waals surface area contributed by atoms with Crippen molar-refractivity contribution in [2.75, 3.05) is 0 Å². The van der Waals surface area contributed by atoms with E-state index in [2.05, 4.69) is 13.8 Å². The lowest BCUT2D eigenvalue weighted by Gasteiger charge is -2.41. The summed E-state index contributed by atoms with van der Waals surface area (Å²) in [5.74, 6) is 5.23. The number of hydrogen-bond donors (Lipinski definition) is 1. The third kappa shape index (κ3) is 0.832. The molecule has 5 unspecified atom stereocenters. The summed E-state index contributed by atoms with van der Waals surface area (Å²) in [4.78, 5) is 0. The Morgan fingerprint density at radius 2 is 2.00 bits per heavy atom. The Hall–Kier alpha value is -0.460. The molecule has 0 saturated heterocycles. The summed E-state index contributed by atoms with van der Waals surface area (Å²) in [7, 11) is 0. The van der Waals surface area contributed by atoms with E-state index in [-0.39, 0.29) is 0 Å². The van der Waals surface area contributed by atoms with E-state index in [0.717, 1.165) is 41.8 Å². The molecule has 0 aromatic rings. The van der Waals surface area contributed by atoms with Crippen LogP contribution in [0.15, 0.2) is 11.3 Å². The average molecular weight is 204 g/mol. The topological polar surface area (TPSA) is 20.2 Å². The van der Waals surface area contributed by atoms with Crippen molar-refractivity contribution in [2.45, 2.75) is 39.5 Å². The van der Waals surface area contributed by atoms with Gasteiger partial charge in [-0.05, 0) is 59.8 Å². The van der Waals surface area contributed by atoms with Gasteiger partial charge in [0, 0.05) is 6.42 Å². The molecule has 0 aliphatic heterocycles. The van der Waals surface area contributed by atoms with Crippen LogP contribution in [0.3, 0.4) is 0 Å². The van der Waals surface area contributed by atoms with Crippen LogP contribution in [0, 0.1) is 35.0 Å². The number of fused-ring (bicyclic) bond motifs is 9. The summed E-state index contributed by atoms with van der Waals surface area (Å²) >= 11 is 0. The second kappa shape index (κ2) is 2.28. The summed E-state index contributed by atoms with van der Waals surface area (Å²) in [6.45, 7) is 4.93. The first-order valence-corrected chi connectivity index (χ1v) is 6.49. The van der Waals surface area contributed by atoms with Gasteiger partial charge >= 0.3 is 0 Å². The molecule has 4 aliphatic rings. The van der Waals surface area contributed by atoms with Gasteiger partial charge in [-0.25, -0.2) is 0 Å².